The molecule has 0 N–H and O–H groups in total. The van der Waals surface area contributed by atoms with E-state index in [1.165, 1.54) is 25.8 Å². The molecule has 0 radical (unpaired) electrons. The van der Waals surface area contributed by atoms with Gasteiger partial charge in [0.25, 0.3) is 0 Å². The van der Waals surface area contributed by atoms with Crippen LogP contribution in [0, 0.1) is 0 Å². The van der Waals surface area contributed by atoms with Gasteiger partial charge in [-0.15, -0.1) is 0 Å². The van der Waals surface area contributed by atoms with Crippen molar-refractivity contribution in [3.63, 3.8) is 0 Å². The Kier molecular flexibility index (Phi) is 4.62. The predicted octanol–water partition coefficient (Wildman–Crippen LogP) is 1.50. The Balaban J connectivity index is 1.96. The summed E-state index contributed by atoms with van der Waals surface area (Å²) in [5, 5.41) is 0. The van der Waals surface area contributed by atoms with Gasteiger partial charge < -0.3 is 14.5 Å². The molecule has 0 aromatic heterocycles. The van der Waals surface area contributed by atoms with Crippen molar-refractivity contribution in [1.29, 1.82) is 0 Å². The summed E-state index contributed by atoms with van der Waals surface area (Å²) >= 11 is 0. The second-order valence-corrected chi connectivity index (χ2v) is 5.74. The van der Waals surface area contributed by atoms with Gasteiger partial charge in [-0.3, -0.25) is 4.79 Å². The summed E-state index contributed by atoms with van der Waals surface area (Å²) in [6.07, 6.45) is 5.38. The third-order valence-corrected chi connectivity index (χ3v) is 4.51. The third kappa shape index (κ3) is 2.86. The number of methoxy groups -OCH3 is 1. The van der Waals surface area contributed by atoms with E-state index in [1.54, 1.807) is 7.11 Å². The zero-order chi connectivity index (χ0) is 13.1. The van der Waals surface area contributed by atoms with E-state index < -0.39 is 0 Å². The van der Waals surface area contributed by atoms with Gasteiger partial charge in [-0.25, -0.2) is 0 Å². The highest BCUT2D eigenvalue weighted by Crippen LogP contribution is 2.29. The number of likely N-dealkylation sites (N-methyl/N-ethyl adjacent to an activating group) is 1. The fraction of sp³-hybridized carbons (Fsp3) is 0.929. The normalized spacial score (nSPS) is 30.9. The first-order valence-electron chi connectivity index (χ1n) is 7.16. The molecule has 0 aromatic rings. The van der Waals surface area contributed by atoms with E-state index in [9.17, 15) is 4.79 Å². The number of ether oxygens (including phenoxy) is 1. The van der Waals surface area contributed by atoms with Crippen molar-refractivity contribution in [2.24, 2.45) is 0 Å². The Bertz CT molecular complexity index is 296. The molecule has 2 aliphatic rings. The van der Waals surface area contributed by atoms with Gasteiger partial charge in [-0.1, -0.05) is 0 Å². The molecule has 1 amide bonds. The molecule has 2 heterocycles. The maximum Gasteiger partial charge on any atom is 0.225 e. The molecule has 18 heavy (non-hydrogen) atoms. The monoisotopic (exact) mass is 254 g/mol. The van der Waals surface area contributed by atoms with Crippen molar-refractivity contribution in [2.45, 2.75) is 57.2 Å². The first kappa shape index (κ1) is 13.8. The minimum atomic E-state index is 0.0278. The molecule has 2 rings (SSSR count). The van der Waals surface area contributed by atoms with E-state index in [2.05, 4.69) is 16.8 Å². The smallest absolute Gasteiger partial charge is 0.225 e. The highest BCUT2D eigenvalue weighted by molar-refractivity contribution is 5.77. The van der Waals surface area contributed by atoms with Gasteiger partial charge in [-0.05, 0) is 46.2 Å². The van der Waals surface area contributed by atoms with Crippen molar-refractivity contribution in [2.75, 3.05) is 27.2 Å². The minimum Gasteiger partial charge on any atom is -0.381 e. The van der Waals surface area contributed by atoms with E-state index >= 15 is 0 Å². The number of hydrogen-bond acceptors (Lipinski definition) is 3. The third-order valence-electron chi connectivity index (χ3n) is 4.51. The SMILES string of the molecule is CO[C@H](C)CC(=O)N1CCC[C@@H]1[C@H]1CCCN1C. The highest BCUT2D eigenvalue weighted by atomic mass is 16.5. The Hall–Kier alpha value is -0.610. The number of carbonyl (C=O) groups excluding carboxylic acids is 1. The van der Waals surface area contributed by atoms with Crippen LogP contribution < -0.4 is 0 Å². The van der Waals surface area contributed by atoms with Crippen LogP contribution in [0.4, 0.5) is 0 Å². The summed E-state index contributed by atoms with van der Waals surface area (Å²) in [6, 6.07) is 1.02. The molecule has 0 unspecified atom stereocenters. The molecule has 2 fully saturated rings. The lowest BCUT2D eigenvalue weighted by Gasteiger charge is -2.33. The highest BCUT2D eigenvalue weighted by Gasteiger charge is 2.38. The minimum absolute atomic E-state index is 0.0278. The van der Waals surface area contributed by atoms with Gasteiger partial charge in [0.1, 0.15) is 0 Å². The van der Waals surface area contributed by atoms with Crippen LogP contribution in [-0.4, -0.2) is 61.1 Å². The number of nitrogens with zero attached hydrogens (tertiary/aromatic N) is 2. The fourth-order valence-corrected chi connectivity index (χ4v) is 3.37. The molecule has 0 bridgehead atoms. The average Bonchev–Trinajstić information content (AvgIpc) is 2.96. The van der Waals surface area contributed by atoms with Crippen LogP contribution in [0.25, 0.3) is 0 Å². The largest absolute Gasteiger partial charge is 0.381 e. The molecule has 2 aliphatic heterocycles. The van der Waals surface area contributed by atoms with E-state index in [4.69, 9.17) is 4.74 Å². The lowest BCUT2D eigenvalue weighted by atomic mass is 10.0. The molecule has 0 aromatic carbocycles. The van der Waals surface area contributed by atoms with Gasteiger partial charge in [0, 0.05) is 25.7 Å². The molecule has 0 saturated carbocycles. The lowest BCUT2D eigenvalue weighted by Crippen LogP contribution is -2.47. The molecular weight excluding hydrogens is 228 g/mol. The first-order chi connectivity index (χ1) is 8.63. The van der Waals surface area contributed by atoms with Crippen molar-refractivity contribution < 1.29 is 9.53 Å². The quantitative estimate of drug-likeness (QED) is 0.762. The standard InChI is InChI=1S/C14H26N2O2/c1-11(18-3)10-14(17)16-9-5-7-13(16)12-6-4-8-15(12)2/h11-13H,4-10H2,1-3H3/t11-,12-,13-/m1/s1. The topological polar surface area (TPSA) is 32.8 Å². The van der Waals surface area contributed by atoms with E-state index in [1.807, 2.05) is 6.92 Å². The first-order valence-corrected chi connectivity index (χ1v) is 7.16. The lowest BCUT2D eigenvalue weighted by molar-refractivity contribution is -0.135. The van der Waals surface area contributed by atoms with Gasteiger partial charge in [0.05, 0.1) is 12.5 Å². The molecule has 104 valence electrons. The maximum atomic E-state index is 12.3. The van der Waals surface area contributed by atoms with E-state index in [0.717, 1.165) is 13.0 Å². The molecule has 2 saturated heterocycles. The zero-order valence-electron chi connectivity index (χ0n) is 11.9. The van der Waals surface area contributed by atoms with Crippen LogP contribution in [-0.2, 0) is 9.53 Å². The summed E-state index contributed by atoms with van der Waals surface area (Å²) in [5.74, 6) is 0.271. The van der Waals surface area contributed by atoms with Crippen molar-refractivity contribution in [1.82, 2.24) is 9.80 Å². The van der Waals surface area contributed by atoms with Crippen molar-refractivity contribution >= 4 is 5.91 Å². The number of rotatable bonds is 4. The summed E-state index contributed by atoms with van der Waals surface area (Å²) in [4.78, 5) is 16.9. The molecular formula is C14H26N2O2. The van der Waals surface area contributed by atoms with E-state index in [0.29, 0.717) is 18.5 Å². The van der Waals surface area contributed by atoms with Crippen LogP contribution in [0.3, 0.4) is 0 Å². The van der Waals surface area contributed by atoms with Crippen molar-refractivity contribution in [3.05, 3.63) is 0 Å². The Morgan fingerprint density at radius 3 is 2.56 bits per heavy atom. The van der Waals surface area contributed by atoms with Crippen LogP contribution in [0.15, 0.2) is 0 Å². The number of likely N-dealkylation sites (tertiary alicyclic amines) is 2. The second-order valence-electron chi connectivity index (χ2n) is 5.74. The van der Waals surface area contributed by atoms with Crippen LogP contribution in [0.5, 0.6) is 0 Å². The number of amides is 1. The average molecular weight is 254 g/mol. The summed E-state index contributed by atoms with van der Waals surface area (Å²) in [7, 11) is 3.86. The Labute approximate surface area is 110 Å². The van der Waals surface area contributed by atoms with Gasteiger partial charge >= 0.3 is 0 Å². The van der Waals surface area contributed by atoms with Crippen molar-refractivity contribution in [3.8, 4) is 0 Å². The Morgan fingerprint density at radius 2 is 1.94 bits per heavy atom. The van der Waals surface area contributed by atoms with Gasteiger partial charge in [-0.2, -0.15) is 0 Å². The summed E-state index contributed by atoms with van der Waals surface area (Å²) in [5.41, 5.74) is 0. The van der Waals surface area contributed by atoms with Crippen LogP contribution >= 0.6 is 0 Å². The Morgan fingerprint density at radius 1 is 1.28 bits per heavy atom. The molecule has 0 spiro atoms. The summed E-state index contributed by atoms with van der Waals surface area (Å²) in [6.45, 7) is 4.08. The van der Waals surface area contributed by atoms with Gasteiger partial charge in [0.2, 0.25) is 5.91 Å². The second kappa shape index (κ2) is 6.02. The number of carbonyl (C=O) groups is 1. The number of hydrogen-bond donors (Lipinski definition) is 0. The maximum absolute atomic E-state index is 12.3. The zero-order valence-corrected chi connectivity index (χ0v) is 11.9. The van der Waals surface area contributed by atoms with E-state index in [-0.39, 0.29) is 12.0 Å². The van der Waals surface area contributed by atoms with Crippen LogP contribution in [0.2, 0.25) is 0 Å². The fourth-order valence-electron chi connectivity index (χ4n) is 3.37. The predicted molar refractivity (Wildman–Crippen MR) is 71.5 cm³/mol. The summed E-state index contributed by atoms with van der Waals surface area (Å²) < 4.78 is 5.20. The molecule has 4 heteroatoms. The molecule has 0 aliphatic carbocycles. The molecule has 4 nitrogen and oxygen atoms in total. The molecule has 3 atom stereocenters. The van der Waals surface area contributed by atoms with Gasteiger partial charge in [0.15, 0.2) is 0 Å². The van der Waals surface area contributed by atoms with Crippen LogP contribution in [0.1, 0.15) is 39.0 Å².